The molecule has 0 unspecified atom stereocenters. The van der Waals surface area contributed by atoms with Gasteiger partial charge in [-0.15, -0.1) is 0 Å². The molecule has 0 fully saturated rings. The lowest BCUT2D eigenvalue weighted by Crippen LogP contribution is -2.23. The highest BCUT2D eigenvalue weighted by Crippen LogP contribution is 2.32. The first-order valence-electron chi connectivity index (χ1n) is 7.69. The van der Waals surface area contributed by atoms with Crippen molar-refractivity contribution in [3.8, 4) is 17.2 Å². The third kappa shape index (κ3) is 3.82. The molecule has 2 N–H and O–H groups in total. The molecule has 0 bridgehead atoms. The van der Waals surface area contributed by atoms with Crippen LogP contribution in [0.25, 0.3) is 0 Å². The lowest BCUT2D eigenvalue weighted by atomic mass is 10.1. The van der Waals surface area contributed by atoms with Gasteiger partial charge in [0.05, 0.1) is 12.8 Å². The van der Waals surface area contributed by atoms with E-state index in [0.29, 0.717) is 35.0 Å². The summed E-state index contributed by atoms with van der Waals surface area (Å²) in [6.07, 6.45) is 0. The van der Waals surface area contributed by atoms with Crippen LogP contribution in [0.4, 0.5) is 5.69 Å². The highest BCUT2D eigenvalue weighted by atomic mass is 16.7. The third-order valence-electron chi connectivity index (χ3n) is 3.66. The van der Waals surface area contributed by atoms with Gasteiger partial charge in [-0.05, 0) is 35.9 Å². The fraction of sp³-hybridized carbons (Fsp3) is 0.222. The Hall–Kier alpha value is -3.22. The molecule has 130 valence electrons. The van der Waals surface area contributed by atoms with E-state index in [-0.39, 0.29) is 18.6 Å². The number of fused-ring (bicyclic) bond motifs is 1. The smallest absolute Gasteiger partial charge is 0.251 e. The molecule has 0 atom stereocenters. The zero-order valence-corrected chi connectivity index (χ0v) is 13.9. The first-order valence-corrected chi connectivity index (χ1v) is 7.69. The summed E-state index contributed by atoms with van der Waals surface area (Å²) in [6, 6.07) is 10.4. The predicted octanol–water partition coefficient (Wildman–Crippen LogP) is 2.31. The Morgan fingerprint density at radius 3 is 2.68 bits per heavy atom. The Labute approximate surface area is 144 Å². The summed E-state index contributed by atoms with van der Waals surface area (Å²) in [5.74, 6) is 1.36. The van der Waals surface area contributed by atoms with Gasteiger partial charge in [-0.1, -0.05) is 6.07 Å². The summed E-state index contributed by atoms with van der Waals surface area (Å²) in [5.41, 5.74) is 1.77. The zero-order chi connectivity index (χ0) is 17.8. The first-order chi connectivity index (χ1) is 12.1. The summed E-state index contributed by atoms with van der Waals surface area (Å²) >= 11 is 0. The number of hydrogen-bond donors (Lipinski definition) is 2. The van der Waals surface area contributed by atoms with Crippen LogP contribution in [0.2, 0.25) is 0 Å². The predicted molar refractivity (Wildman–Crippen MR) is 91.0 cm³/mol. The molecular weight excluding hydrogens is 324 g/mol. The molecule has 0 aliphatic carbocycles. The number of benzene rings is 2. The van der Waals surface area contributed by atoms with Gasteiger partial charge in [0.2, 0.25) is 12.7 Å². The number of hydrogen-bond acceptors (Lipinski definition) is 5. The molecule has 0 aromatic heterocycles. The monoisotopic (exact) mass is 342 g/mol. The van der Waals surface area contributed by atoms with E-state index in [1.54, 1.807) is 18.2 Å². The van der Waals surface area contributed by atoms with Gasteiger partial charge in [0, 0.05) is 19.0 Å². The van der Waals surface area contributed by atoms with Gasteiger partial charge >= 0.3 is 0 Å². The average Bonchev–Trinajstić information content (AvgIpc) is 3.06. The van der Waals surface area contributed by atoms with Crippen molar-refractivity contribution < 1.29 is 23.8 Å². The van der Waals surface area contributed by atoms with Gasteiger partial charge in [-0.2, -0.15) is 0 Å². The van der Waals surface area contributed by atoms with Crippen molar-refractivity contribution in [2.24, 2.45) is 0 Å². The van der Waals surface area contributed by atoms with Crippen molar-refractivity contribution >= 4 is 17.5 Å². The summed E-state index contributed by atoms with van der Waals surface area (Å²) in [6.45, 7) is 1.95. The molecule has 1 aliphatic rings. The van der Waals surface area contributed by atoms with Crippen LogP contribution in [-0.4, -0.2) is 25.7 Å². The van der Waals surface area contributed by atoms with E-state index < -0.39 is 0 Å². The van der Waals surface area contributed by atoms with Crippen molar-refractivity contribution in [1.82, 2.24) is 5.32 Å². The molecule has 2 amide bonds. The van der Waals surface area contributed by atoms with Crippen LogP contribution < -0.4 is 24.8 Å². The number of methoxy groups -OCH3 is 1. The molecule has 7 nitrogen and oxygen atoms in total. The molecule has 1 aliphatic heterocycles. The van der Waals surface area contributed by atoms with Crippen molar-refractivity contribution in [2.45, 2.75) is 13.5 Å². The molecule has 0 saturated carbocycles. The van der Waals surface area contributed by atoms with Crippen LogP contribution in [-0.2, 0) is 11.3 Å². The average molecular weight is 342 g/mol. The minimum atomic E-state index is -0.257. The number of anilines is 1. The van der Waals surface area contributed by atoms with Gasteiger partial charge in [-0.25, -0.2) is 0 Å². The minimum absolute atomic E-state index is 0.211. The Morgan fingerprint density at radius 1 is 1.12 bits per heavy atom. The molecule has 25 heavy (non-hydrogen) atoms. The molecule has 2 aromatic rings. The molecular formula is C18H18N2O5. The third-order valence-corrected chi connectivity index (χ3v) is 3.66. The fourth-order valence-corrected chi connectivity index (χ4v) is 2.47. The van der Waals surface area contributed by atoms with Crippen molar-refractivity contribution in [2.75, 3.05) is 19.2 Å². The number of ether oxygens (including phenoxy) is 3. The van der Waals surface area contributed by atoms with Gasteiger partial charge in [0.15, 0.2) is 11.5 Å². The van der Waals surface area contributed by atoms with Gasteiger partial charge in [-0.3, -0.25) is 9.59 Å². The lowest BCUT2D eigenvalue weighted by Gasteiger charge is -2.11. The Bertz CT molecular complexity index is 819. The molecule has 0 saturated heterocycles. The van der Waals surface area contributed by atoms with E-state index in [1.807, 2.05) is 18.2 Å². The first kappa shape index (κ1) is 16.6. The summed E-state index contributed by atoms with van der Waals surface area (Å²) < 4.78 is 15.8. The van der Waals surface area contributed by atoms with E-state index >= 15 is 0 Å². The van der Waals surface area contributed by atoms with Crippen LogP contribution in [0.15, 0.2) is 36.4 Å². The Balaban J connectivity index is 1.69. The van der Waals surface area contributed by atoms with Crippen LogP contribution in [0, 0.1) is 0 Å². The molecule has 7 heteroatoms. The van der Waals surface area contributed by atoms with Gasteiger partial charge in [0.25, 0.3) is 5.91 Å². The molecule has 0 spiro atoms. The fourth-order valence-electron chi connectivity index (χ4n) is 2.47. The number of rotatable bonds is 5. The van der Waals surface area contributed by atoms with Gasteiger partial charge < -0.3 is 24.8 Å². The maximum absolute atomic E-state index is 12.4. The summed E-state index contributed by atoms with van der Waals surface area (Å²) in [7, 11) is 1.50. The number of carbonyl (C=O) groups is 2. The highest BCUT2D eigenvalue weighted by molar-refractivity contribution is 5.97. The lowest BCUT2D eigenvalue weighted by molar-refractivity contribution is -0.114. The van der Waals surface area contributed by atoms with Crippen molar-refractivity contribution in [3.63, 3.8) is 0 Å². The number of nitrogens with one attached hydrogen (secondary N) is 2. The molecule has 0 radical (unpaired) electrons. The molecule has 3 rings (SSSR count). The van der Waals surface area contributed by atoms with Crippen LogP contribution in [0.5, 0.6) is 17.2 Å². The SMILES string of the molecule is COc1ccc(C(=O)NCc2ccc3c(c2)OCO3)cc1NC(C)=O. The van der Waals surface area contributed by atoms with Gasteiger partial charge in [0.1, 0.15) is 5.75 Å². The second-order valence-electron chi connectivity index (χ2n) is 5.47. The quantitative estimate of drug-likeness (QED) is 0.871. The van der Waals surface area contributed by atoms with E-state index in [9.17, 15) is 9.59 Å². The topological polar surface area (TPSA) is 85.9 Å². The van der Waals surface area contributed by atoms with E-state index in [4.69, 9.17) is 14.2 Å². The Morgan fingerprint density at radius 2 is 1.92 bits per heavy atom. The number of amides is 2. The summed E-state index contributed by atoms with van der Waals surface area (Å²) in [5, 5.41) is 5.48. The second kappa shape index (κ2) is 7.12. The standard InChI is InChI=1S/C18H18N2O5/c1-11(21)20-14-8-13(4-6-15(14)23-2)18(22)19-9-12-3-5-16-17(7-12)25-10-24-16/h3-8H,9-10H2,1-2H3,(H,19,22)(H,20,21). The molecule has 2 aromatic carbocycles. The Kier molecular flexibility index (Phi) is 4.74. The highest BCUT2D eigenvalue weighted by Gasteiger charge is 2.14. The number of carbonyl (C=O) groups excluding carboxylic acids is 2. The second-order valence-corrected chi connectivity index (χ2v) is 5.47. The van der Waals surface area contributed by atoms with Crippen LogP contribution in [0.1, 0.15) is 22.8 Å². The van der Waals surface area contributed by atoms with E-state index in [2.05, 4.69) is 10.6 Å². The van der Waals surface area contributed by atoms with Crippen LogP contribution in [0.3, 0.4) is 0 Å². The summed E-state index contributed by atoms with van der Waals surface area (Å²) in [4.78, 5) is 23.6. The zero-order valence-electron chi connectivity index (χ0n) is 13.9. The van der Waals surface area contributed by atoms with Crippen LogP contribution >= 0.6 is 0 Å². The maximum Gasteiger partial charge on any atom is 0.251 e. The largest absolute Gasteiger partial charge is 0.495 e. The maximum atomic E-state index is 12.4. The van der Waals surface area contributed by atoms with Crippen molar-refractivity contribution in [1.29, 1.82) is 0 Å². The molecule has 1 heterocycles. The van der Waals surface area contributed by atoms with E-state index in [1.165, 1.54) is 14.0 Å². The minimum Gasteiger partial charge on any atom is -0.495 e. The normalized spacial score (nSPS) is 11.8. The van der Waals surface area contributed by atoms with Crippen molar-refractivity contribution in [3.05, 3.63) is 47.5 Å². The van der Waals surface area contributed by atoms with E-state index in [0.717, 1.165) is 5.56 Å².